The topological polar surface area (TPSA) is 106 Å². The van der Waals surface area contributed by atoms with Gasteiger partial charge in [-0.2, -0.15) is 4.99 Å². The third-order valence-electron chi connectivity index (χ3n) is 3.19. The Bertz CT molecular complexity index is 891. The van der Waals surface area contributed by atoms with Crippen molar-refractivity contribution in [3.8, 4) is 0 Å². The van der Waals surface area contributed by atoms with Gasteiger partial charge in [-0.3, -0.25) is 15.1 Å². The number of guanidine groups is 1. The van der Waals surface area contributed by atoms with Crippen LogP contribution in [0, 0.1) is 6.92 Å². The van der Waals surface area contributed by atoms with Crippen molar-refractivity contribution in [1.82, 2.24) is 20.3 Å². The number of carbonyl (C=O) groups excluding carboxylic acids is 1. The Morgan fingerprint density at radius 2 is 1.87 bits per heavy atom. The summed E-state index contributed by atoms with van der Waals surface area (Å²) in [6.45, 7) is 1.87. The molecule has 3 rings (SSSR count). The van der Waals surface area contributed by atoms with E-state index in [9.17, 15) is 4.79 Å². The van der Waals surface area contributed by atoms with Crippen LogP contribution in [0.5, 0.6) is 0 Å². The molecule has 1 aromatic carbocycles. The number of benzene rings is 1. The van der Waals surface area contributed by atoms with E-state index in [-0.39, 0.29) is 17.8 Å². The first-order valence-corrected chi connectivity index (χ1v) is 6.92. The van der Waals surface area contributed by atoms with Gasteiger partial charge in [0, 0.05) is 23.3 Å². The SMILES string of the molecule is Cc1nc(N=C(N)NC(=O)c2ccncc2)nc2ccccc12. The second-order valence-electron chi connectivity index (χ2n) is 4.81. The molecule has 0 aliphatic carbocycles. The molecule has 3 N–H and O–H groups in total. The van der Waals surface area contributed by atoms with Gasteiger partial charge >= 0.3 is 0 Å². The number of nitrogens with one attached hydrogen (secondary N) is 1. The number of carbonyl (C=O) groups is 1. The zero-order valence-electron chi connectivity index (χ0n) is 12.4. The number of hydrogen-bond acceptors (Lipinski definition) is 5. The molecule has 2 aromatic heterocycles. The maximum absolute atomic E-state index is 12.0. The molecule has 0 aliphatic rings. The predicted octanol–water partition coefficient (Wildman–Crippen LogP) is 1.71. The van der Waals surface area contributed by atoms with E-state index in [1.54, 1.807) is 12.1 Å². The van der Waals surface area contributed by atoms with Gasteiger partial charge in [-0.05, 0) is 25.1 Å². The minimum absolute atomic E-state index is 0.0681. The van der Waals surface area contributed by atoms with Crippen LogP contribution >= 0.6 is 0 Å². The van der Waals surface area contributed by atoms with Crippen LogP contribution in [-0.4, -0.2) is 26.8 Å². The number of aryl methyl sites for hydroxylation is 1. The van der Waals surface area contributed by atoms with Gasteiger partial charge in [0.1, 0.15) is 0 Å². The van der Waals surface area contributed by atoms with E-state index in [4.69, 9.17) is 5.73 Å². The van der Waals surface area contributed by atoms with Gasteiger partial charge in [-0.1, -0.05) is 18.2 Å². The Hall–Kier alpha value is -3.35. The lowest BCUT2D eigenvalue weighted by molar-refractivity contribution is 0.0976. The van der Waals surface area contributed by atoms with Gasteiger partial charge in [0.2, 0.25) is 5.96 Å². The minimum atomic E-state index is -0.369. The van der Waals surface area contributed by atoms with Crippen molar-refractivity contribution in [2.45, 2.75) is 6.92 Å². The lowest BCUT2D eigenvalue weighted by atomic mass is 10.2. The summed E-state index contributed by atoms with van der Waals surface area (Å²) in [5, 5.41) is 3.44. The number of para-hydroxylation sites is 1. The van der Waals surface area contributed by atoms with Gasteiger partial charge in [-0.15, -0.1) is 0 Å². The molecule has 114 valence electrons. The predicted molar refractivity (Wildman–Crippen MR) is 87.3 cm³/mol. The summed E-state index contributed by atoms with van der Waals surface area (Å²) < 4.78 is 0. The van der Waals surface area contributed by atoms with Crippen molar-refractivity contribution in [2.75, 3.05) is 0 Å². The van der Waals surface area contributed by atoms with Crippen LogP contribution in [-0.2, 0) is 0 Å². The highest BCUT2D eigenvalue weighted by Crippen LogP contribution is 2.17. The number of rotatable bonds is 2. The molecule has 0 unspecified atom stereocenters. The minimum Gasteiger partial charge on any atom is -0.369 e. The fourth-order valence-electron chi connectivity index (χ4n) is 2.10. The van der Waals surface area contributed by atoms with Crippen molar-refractivity contribution in [3.63, 3.8) is 0 Å². The molecule has 0 aliphatic heterocycles. The van der Waals surface area contributed by atoms with Crippen LogP contribution in [0.1, 0.15) is 16.1 Å². The molecule has 0 saturated carbocycles. The van der Waals surface area contributed by atoms with Crippen molar-refractivity contribution in [3.05, 3.63) is 60.0 Å². The largest absolute Gasteiger partial charge is 0.369 e. The zero-order chi connectivity index (χ0) is 16.2. The highest BCUT2D eigenvalue weighted by atomic mass is 16.1. The first kappa shape index (κ1) is 14.6. The Labute approximate surface area is 132 Å². The van der Waals surface area contributed by atoms with Crippen LogP contribution in [0.3, 0.4) is 0 Å². The van der Waals surface area contributed by atoms with Gasteiger partial charge in [-0.25, -0.2) is 9.97 Å². The van der Waals surface area contributed by atoms with E-state index >= 15 is 0 Å². The van der Waals surface area contributed by atoms with Crippen LogP contribution in [0.4, 0.5) is 5.95 Å². The third-order valence-corrected chi connectivity index (χ3v) is 3.19. The number of nitrogens with two attached hydrogens (primary N) is 1. The molecule has 23 heavy (non-hydrogen) atoms. The molecule has 7 nitrogen and oxygen atoms in total. The lowest BCUT2D eigenvalue weighted by Crippen LogP contribution is -2.36. The Kier molecular flexibility index (Phi) is 3.92. The molecule has 0 radical (unpaired) electrons. The summed E-state index contributed by atoms with van der Waals surface area (Å²) in [5.74, 6) is -0.235. The van der Waals surface area contributed by atoms with Crippen molar-refractivity contribution < 1.29 is 4.79 Å². The van der Waals surface area contributed by atoms with E-state index in [0.29, 0.717) is 5.56 Å². The molecule has 0 bridgehead atoms. The number of pyridine rings is 1. The van der Waals surface area contributed by atoms with Crippen molar-refractivity contribution >= 4 is 28.7 Å². The van der Waals surface area contributed by atoms with Gasteiger partial charge < -0.3 is 5.73 Å². The van der Waals surface area contributed by atoms with Crippen LogP contribution in [0.15, 0.2) is 53.8 Å². The van der Waals surface area contributed by atoms with Gasteiger partial charge in [0.15, 0.2) is 0 Å². The summed E-state index contributed by atoms with van der Waals surface area (Å²) in [4.78, 5) is 28.5. The number of fused-ring (bicyclic) bond motifs is 1. The monoisotopic (exact) mass is 306 g/mol. The first-order valence-electron chi connectivity index (χ1n) is 6.92. The zero-order valence-corrected chi connectivity index (χ0v) is 12.4. The Balaban J connectivity index is 1.85. The second kappa shape index (κ2) is 6.18. The van der Waals surface area contributed by atoms with Crippen LogP contribution in [0.25, 0.3) is 10.9 Å². The molecule has 0 saturated heterocycles. The average molecular weight is 306 g/mol. The second-order valence-corrected chi connectivity index (χ2v) is 4.81. The molecular formula is C16H14N6O. The highest BCUT2D eigenvalue weighted by molar-refractivity contribution is 6.05. The molecule has 7 heteroatoms. The average Bonchev–Trinajstić information content (AvgIpc) is 2.55. The quantitative estimate of drug-likeness (QED) is 0.553. The Morgan fingerprint density at radius 1 is 1.13 bits per heavy atom. The van der Waals surface area contributed by atoms with Gasteiger partial charge in [0.25, 0.3) is 11.9 Å². The summed E-state index contributed by atoms with van der Waals surface area (Å²) in [6.07, 6.45) is 3.05. The maximum atomic E-state index is 12.0. The molecule has 0 atom stereocenters. The number of aliphatic imine (C=N–C) groups is 1. The third kappa shape index (κ3) is 3.29. The standard InChI is InChI=1S/C16H14N6O/c1-10-12-4-2-3-5-13(12)20-16(19-10)22-15(17)21-14(23)11-6-8-18-9-7-11/h2-9H,1H3,(H3,17,19,20,21,22,23). The fourth-order valence-corrected chi connectivity index (χ4v) is 2.10. The van der Waals surface area contributed by atoms with Crippen LogP contribution < -0.4 is 11.1 Å². The molecule has 3 aromatic rings. The smallest absolute Gasteiger partial charge is 0.258 e. The first-order chi connectivity index (χ1) is 11.1. The van der Waals surface area contributed by atoms with Crippen LogP contribution in [0.2, 0.25) is 0 Å². The molecule has 0 spiro atoms. The number of aromatic nitrogens is 3. The van der Waals surface area contributed by atoms with Gasteiger partial charge in [0.05, 0.1) is 11.2 Å². The van der Waals surface area contributed by atoms with E-state index in [1.165, 1.54) is 12.4 Å². The fraction of sp³-hybridized carbons (Fsp3) is 0.0625. The van der Waals surface area contributed by atoms with E-state index < -0.39 is 0 Å². The molecular weight excluding hydrogens is 292 g/mol. The molecule has 1 amide bonds. The number of nitrogens with zero attached hydrogens (tertiary/aromatic N) is 4. The summed E-state index contributed by atoms with van der Waals surface area (Å²) in [5.41, 5.74) is 7.76. The Morgan fingerprint density at radius 3 is 2.65 bits per heavy atom. The maximum Gasteiger partial charge on any atom is 0.258 e. The van der Waals surface area contributed by atoms with E-state index in [2.05, 4.69) is 25.3 Å². The summed E-state index contributed by atoms with van der Waals surface area (Å²) in [7, 11) is 0. The van der Waals surface area contributed by atoms with Crippen molar-refractivity contribution in [2.24, 2.45) is 10.7 Å². The lowest BCUT2D eigenvalue weighted by Gasteiger charge is -2.05. The summed E-state index contributed by atoms with van der Waals surface area (Å²) in [6, 6.07) is 10.8. The molecule has 2 heterocycles. The van der Waals surface area contributed by atoms with E-state index in [0.717, 1.165) is 16.6 Å². The molecule has 0 fully saturated rings. The normalized spacial score (nSPS) is 11.4. The number of amides is 1. The summed E-state index contributed by atoms with van der Waals surface area (Å²) >= 11 is 0. The highest BCUT2D eigenvalue weighted by Gasteiger charge is 2.08. The van der Waals surface area contributed by atoms with Crippen molar-refractivity contribution in [1.29, 1.82) is 0 Å². The number of hydrogen-bond donors (Lipinski definition) is 2. The van der Waals surface area contributed by atoms with E-state index in [1.807, 2.05) is 31.2 Å².